The quantitative estimate of drug-likeness (QED) is 0.738. The zero-order chi connectivity index (χ0) is 16.8. The highest BCUT2D eigenvalue weighted by Gasteiger charge is 2.29. The van der Waals surface area contributed by atoms with Crippen molar-refractivity contribution in [1.82, 2.24) is 23.8 Å². The van der Waals surface area contributed by atoms with Crippen molar-refractivity contribution in [3.05, 3.63) is 53.5 Å². The lowest BCUT2D eigenvalue weighted by Crippen LogP contribution is -2.23. The molecule has 0 spiro atoms. The zero-order valence-corrected chi connectivity index (χ0v) is 14.9. The molecular weight excluding hydrogens is 310 g/mol. The molecular formula is C20H25N5. The van der Waals surface area contributed by atoms with E-state index in [0.717, 1.165) is 25.3 Å². The average molecular weight is 335 g/mol. The van der Waals surface area contributed by atoms with Crippen LogP contribution in [0.5, 0.6) is 0 Å². The molecule has 130 valence electrons. The van der Waals surface area contributed by atoms with E-state index < -0.39 is 0 Å². The molecule has 1 aliphatic heterocycles. The number of aromatic nitrogens is 4. The number of likely N-dealkylation sites (tertiary alicyclic amines) is 1. The molecule has 2 aliphatic rings. The molecule has 0 N–H and O–H groups in total. The number of hydrogen-bond acceptors (Lipinski definition) is 3. The van der Waals surface area contributed by atoms with Crippen molar-refractivity contribution in [3.63, 3.8) is 0 Å². The molecule has 4 heterocycles. The molecule has 0 saturated carbocycles. The summed E-state index contributed by atoms with van der Waals surface area (Å²) in [6, 6.07) is 6.97. The van der Waals surface area contributed by atoms with Gasteiger partial charge in [0.1, 0.15) is 11.5 Å². The maximum Gasteiger partial charge on any atom is 0.136 e. The van der Waals surface area contributed by atoms with Crippen LogP contribution < -0.4 is 0 Å². The van der Waals surface area contributed by atoms with Crippen molar-refractivity contribution in [2.75, 3.05) is 13.1 Å². The topological polar surface area (TPSA) is 38.4 Å². The molecule has 3 aromatic heterocycles. The first-order chi connectivity index (χ1) is 12.3. The fourth-order valence-electron chi connectivity index (χ4n) is 4.71. The van der Waals surface area contributed by atoms with Crippen LogP contribution in [-0.4, -0.2) is 36.9 Å². The smallest absolute Gasteiger partial charge is 0.136 e. The second-order valence-corrected chi connectivity index (χ2v) is 7.48. The Balaban J connectivity index is 1.37. The van der Waals surface area contributed by atoms with Crippen molar-refractivity contribution in [2.45, 2.75) is 51.6 Å². The molecule has 3 aromatic rings. The van der Waals surface area contributed by atoms with Crippen molar-refractivity contribution in [2.24, 2.45) is 0 Å². The summed E-state index contributed by atoms with van der Waals surface area (Å²) in [6.07, 6.45) is 10.2. The van der Waals surface area contributed by atoms with Crippen LogP contribution in [0.4, 0.5) is 0 Å². The van der Waals surface area contributed by atoms with Gasteiger partial charge in [-0.25, -0.2) is 9.97 Å². The second kappa shape index (κ2) is 5.99. The van der Waals surface area contributed by atoms with Gasteiger partial charge >= 0.3 is 0 Å². The summed E-state index contributed by atoms with van der Waals surface area (Å²) in [5.74, 6) is 1.22. The molecule has 1 saturated heterocycles. The van der Waals surface area contributed by atoms with Crippen molar-refractivity contribution in [3.8, 4) is 0 Å². The second-order valence-electron chi connectivity index (χ2n) is 7.48. The van der Waals surface area contributed by atoms with Gasteiger partial charge in [0.25, 0.3) is 0 Å². The van der Waals surface area contributed by atoms with E-state index in [9.17, 15) is 0 Å². The van der Waals surface area contributed by atoms with E-state index in [2.05, 4.69) is 50.2 Å². The van der Waals surface area contributed by atoms with Gasteiger partial charge in [-0.05, 0) is 51.2 Å². The number of fused-ring (bicyclic) bond motifs is 2. The summed E-state index contributed by atoms with van der Waals surface area (Å²) >= 11 is 0. The molecule has 25 heavy (non-hydrogen) atoms. The van der Waals surface area contributed by atoms with Crippen LogP contribution in [0.25, 0.3) is 5.65 Å². The fourth-order valence-corrected chi connectivity index (χ4v) is 4.71. The number of nitrogens with zero attached hydrogens (tertiary/aromatic N) is 5. The summed E-state index contributed by atoms with van der Waals surface area (Å²) in [5, 5.41) is 0. The van der Waals surface area contributed by atoms with Gasteiger partial charge in [-0.2, -0.15) is 0 Å². The van der Waals surface area contributed by atoms with E-state index >= 15 is 0 Å². The van der Waals surface area contributed by atoms with Crippen molar-refractivity contribution in [1.29, 1.82) is 0 Å². The van der Waals surface area contributed by atoms with Crippen LogP contribution in [0.1, 0.15) is 48.2 Å². The predicted molar refractivity (Wildman–Crippen MR) is 97.7 cm³/mol. The maximum atomic E-state index is 4.87. The number of imidazole rings is 2. The highest BCUT2D eigenvalue weighted by molar-refractivity contribution is 5.39. The molecule has 1 fully saturated rings. The lowest BCUT2D eigenvalue weighted by atomic mass is 10.0. The number of aryl methyl sites for hydroxylation is 2. The molecule has 0 amide bonds. The predicted octanol–water partition coefficient (Wildman–Crippen LogP) is 3.17. The van der Waals surface area contributed by atoms with Gasteiger partial charge in [0.05, 0.1) is 5.69 Å². The first-order valence-corrected chi connectivity index (χ1v) is 9.49. The normalized spacial score (nSPS) is 21.1. The van der Waals surface area contributed by atoms with Gasteiger partial charge in [-0.15, -0.1) is 0 Å². The Morgan fingerprint density at radius 3 is 3.08 bits per heavy atom. The SMILES string of the molecule is Cc1nc2c(n1[C@H]1CCN(Cc3cccc4nccn34)C1)CCCC2. The highest BCUT2D eigenvalue weighted by atomic mass is 15.2. The van der Waals surface area contributed by atoms with E-state index in [1.807, 2.05) is 6.20 Å². The summed E-state index contributed by atoms with van der Waals surface area (Å²) in [4.78, 5) is 11.8. The monoisotopic (exact) mass is 335 g/mol. The number of rotatable bonds is 3. The third-order valence-corrected chi connectivity index (χ3v) is 5.86. The first-order valence-electron chi connectivity index (χ1n) is 9.49. The lowest BCUT2D eigenvalue weighted by Gasteiger charge is -2.21. The van der Waals surface area contributed by atoms with Crippen LogP contribution in [0, 0.1) is 6.92 Å². The summed E-state index contributed by atoms with van der Waals surface area (Å²) in [7, 11) is 0. The Bertz CT molecular complexity index is 906. The minimum atomic E-state index is 0.580. The molecule has 1 atom stereocenters. The number of pyridine rings is 1. The summed E-state index contributed by atoms with van der Waals surface area (Å²) in [6.45, 7) is 5.45. The lowest BCUT2D eigenvalue weighted by molar-refractivity contribution is 0.309. The van der Waals surface area contributed by atoms with Gasteiger partial charge in [-0.3, -0.25) is 4.90 Å². The molecule has 5 heteroatoms. The maximum absolute atomic E-state index is 4.87. The van der Waals surface area contributed by atoms with Gasteiger partial charge in [0, 0.05) is 49.5 Å². The van der Waals surface area contributed by atoms with Gasteiger partial charge < -0.3 is 8.97 Å². The summed E-state index contributed by atoms with van der Waals surface area (Å²) in [5.41, 5.74) is 5.24. The van der Waals surface area contributed by atoms with Crippen LogP contribution in [0.3, 0.4) is 0 Å². The first kappa shape index (κ1) is 15.1. The van der Waals surface area contributed by atoms with E-state index in [1.54, 1.807) is 0 Å². The Morgan fingerprint density at radius 1 is 1.20 bits per heavy atom. The van der Waals surface area contributed by atoms with Crippen LogP contribution in [-0.2, 0) is 19.4 Å². The van der Waals surface area contributed by atoms with Gasteiger partial charge in [-0.1, -0.05) is 6.07 Å². The molecule has 1 aliphatic carbocycles. The Hall–Kier alpha value is -2.14. The minimum Gasteiger partial charge on any atom is -0.328 e. The molecule has 0 aromatic carbocycles. The van der Waals surface area contributed by atoms with E-state index in [-0.39, 0.29) is 0 Å². The molecule has 5 rings (SSSR count). The Kier molecular flexibility index (Phi) is 3.63. The molecule has 0 bridgehead atoms. The third kappa shape index (κ3) is 2.58. The average Bonchev–Trinajstić information content (AvgIpc) is 3.32. The van der Waals surface area contributed by atoms with Crippen LogP contribution in [0.15, 0.2) is 30.6 Å². The van der Waals surface area contributed by atoms with Gasteiger partial charge in [0.15, 0.2) is 0 Å². The Labute approximate surface area is 148 Å². The minimum absolute atomic E-state index is 0.580. The van der Waals surface area contributed by atoms with Crippen LogP contribution in [0.2, 0.25) is 0 Å². The fraction of sp³-hybridized carbons (Fsp3) is 0.500. The van der Waals surface area contributed by atoms with E-state index in [0.29, 0.717) is 6.04 Å². The summed E-state index contributed by atoms with van der Waals surface area (Å²) < 4.78 is 4.77. The number of hydrogen-bond donors (Lipinski definition) is 0. The Morgan fingerprint density at radius 2 is 2.12 bits per heavy atom. The van der Waals surface area contributed by atoms with Crippen molar-refractivity contribution < 1.29 is 0 Å². The van der Waals surface area contributed by atoms with Gasteiger partial charge in [0.2, 0.25) is 0 Å². The molecule has 0 radical (unpaired) electrons. The van der Waals surface area contributed by atoms with E-state index in [4.69, 9.17) is 4.98 Å². The zero-order valence-electron chi connectivity index (χ0n) is 14.9. The standard InChI is InChI=1S/C20H25N5/c1-15-22-18-6-2-3-7-19(18)25(15)17-9-11-23(14-17)13-16-5-4-8-20-21-10-12-24(16)20/h4-5,8,10,12,17H,2-3,6-7,9,11,13-14H2,1H3/t17-/m0/s1. The third-order valence-electron chi connectivity index (χ3n) is 5.86. The highest BCUT2D eigenvalue weighted by Crippen LogP contribution is 2.30. The molecule has 5 nitrogen and oxygen atoms in total. The van der Waals surface area contributed by atoms with Crippen molar-refractivity contribution >= 4 is 5.65 Å². The largest absolute Gasteiger partial charge is 0.328 e. The molecule has 0 unspecified atom stereocenters. The van der Waals surface area contributed by atoms with Crippen LogP contribution >= 0.6 is 0 Å². The van der Waals surface area contributed by atoms with E-state index in [1.165, 1.54) is 55.0 Å².